The molecule has 8 nitrogen and oxygen atoms in total. The molecule has 3 rings (SSSR count). The molecule has 1 saturated heterocycles. The van der Waals surface area contributed by atoms with Crippen LogP contribution in [0.25, 0.3) is 11.3 Å². The van der Waals surface area contributed by atoms with Gasteiger partial charge < -0.3 is 20.1 Å². The Morgan fingerprint density at radius 2 is 2.29 bits per heavy atom. The first-order chi connectivity index (χ1) is 13.5. The summed E-state index contributed by atoms with van der Waals surface area (Å²) < 4.78 is 9.78. The molecule has 0 saturated carbocycles. The Morgan fingerprint density at radius 3 is 3.07 bits per heavy atom. The molecule has 9 heteroatoms. The van der Waals surface area contributed by atoms with Crippen molar-refractivity contribution in [1.29, 1.82) is 0 Å². The molecule has 0 aliphatic carbocycles. The van der Waals surface area contributed by atoms with E-state index in [2.05, 4.69) is 32.1 Å². The van der Waals surface area contributed by atoms with Crippen molar-refractivity contribution in [2.75, 3.05) is 43.6 Å². The topological polar surface area (TPSA) is 107 Å². The molecule has 0 bridgehead atoms. The molecule has 2 amide bonds. The van der Waals surface area contributed by atoms with E-state index in [-0.39, 0.29) is 0 Å². The van der Waals surface area contributed by atoms with E-state index in [0.29, 0.717) is 11.0 Å². The van der Waals surface area contributed by atoms with Gasteiger partial charge in [-0.2, -0.15) is 0 Å². The van der Waals surface area contributed by atoms with Gasteiger partial charge in [0.25, 0.3) is 5.91 Å². The molecule has 1 aliphatic rings. The van der Waals surface area contributed by atoms with E-state index in [0.717, 1.165) is 43.1 Å². The maximum atomic E-state index is 11.7. The summed E-state index contributed by atoms with van der Waals surface area (Å²) in [7, 11) is 1.75. The van der Waals surface area contributed by atoms with Crippen LogP contribution in [0.3, 0.4) is 0 Å². The molecule has 1 aromatic heterocycles. The smallest absolute Gasteiger partial charge is 0.405 e. The SMILES string of the molecule is COCC1CCCN(c2cccc(-c3csc(NC(=O)COC(N)=O)n3)c2)C1. The maximum absolute atomic E-state index is 11.7. The second kappa shape index (κ2) is 9.52. The number of amides is 2. The number of carbonyl (C=O) groups is 2. The number of carbonyl (C=O) groups excluding carboxylic acids is 2. The molecule has 1 aliphatic heterocycles. The Labute approximate surface area is 167 Å². The Hall–Kier alpha value is -2.65. The van der Waals surface area contributed by atoms with Gasteiger partial charge in [0.15, 0.2) is 11.7 Å². The molecule has 1 aromatic carbocycles. The molecule has 2 heterocycles. The fraction of sp³-hybridized carbons (Fsp3) is 0.421. The highest BCUT2D eigenvalue weighted by molar-refractivity contribution is 7.14. The van der Waals surface area contributed by atoms with Gasteiger partial charge in [-0.1, -0.05) is 12.1 Å². The fourth-order valence-electron chi connectivity index (χ4n) is 3.29. The van der Waals surface area contributed by atoms with Crippen molar-refractivity contribution in [3.8, 4) is 11.3 Å². The maximum Gasteiger partial charge on any atom is 0.405 e. The zero-order valence-corrected chi connectivity index (χ0v) is 16.5. The number of hydrogen-bond donors (Lipinski definition) is 2. The molecule has 1 atom stereocenters. The lowest BCUT2D eigenvalue weighted by atomic mass is 9.98. The van der Waals surface area contributed by atoms with Crippen LogP contribution in [0.15, 0.2) is 29.6 Å². The molecule has 1 fully saturated rings. The summed E-state index contributed by atoms with van der Waals surface area (Å²) in [6.07, 6.45) is 1.36. The fourth-order valence-corrected chi connectivity index (χ4v) is 4.02. The van der Waals surface area contributed by atoms with Gasteiger partial charge >= 0.3 is 6.09 Å². The Bertz CT molecular complexity index is 824. The molecule has 150 valence electrons. The predicted molar refractivity (Wildman–Crippen MR) is 109 cm³/mol. The predicted octanol–water partition coefficient (Wildman–Crippen LogP) is 2.71. The van der Waals surface area contributed by atoms with E-state index in [9.17, 15) is 9.59 Å². The van der Waals surface area contributed by atoms with Crippen molar-refractivity contribution < 1.29 is 19.1 Å². The number of nitrogens with zero attached hydrogens (tertiary/aromatic N) is 2. The quantitative estimate of drug-likeness (QED) is 0.735. The minimum Gasteiger partial charge on any atom is -0.440 e. The third kappa shape index (κ3) is 5.43. The first kappa shape index (κ1) is 20.1. The summed E-state index contributed by atoms with van der Waals surface area (Å²) in [5, 5.41) is 4.92. The van der Waals surface area contributed by atoms with Gasteiger partial charge in [-0.3, -0.25) is 10.1 Å². The standard InChI is InChI=1S/C19H24N4O4S/c1-26-10-13-4-3-7-23(9-13)15-6-2-5-14(8-15)16-12-28-19(21-16)22-17(24)11-27-18(20)25/h2,5-6,8,12-13H,3-4,7,9-11H2,1H3,(H2,20,25)(H,21,22,24). The molecular formula is C19H24N4O4S. The van der Waals surface area contributed by atoms with Crippen molar-refractivity contribution in [2.45, 2.75) is 12.8 Å². The van der Waals surface area contributed by atoms with Gasteiger partial charge in [0.1, 0.15) is 0 Å². The summed E-state index contributed by atoms with van der Waals surface area (Å²) in [6.45, 7) is 2.36. The van der Waals surface area contributed by atoms with Crippen LogP contribution in [0.1, 0.15) is 12.8 Å². The van der Waals surface area contributed by atoms with Crippen molar-refractivity contribution in [3.63, 3.8) is 0 Å². The Kier molecular flexibility index (Phi) is 6.83. The third-order valence-electron chi connectivity index (χ3n) is 4.52. The number of methoxy groups -OCH3 is 1. The number of ether oxygens (including phenoxy) is 2. The van der Waals surface area contributed by atoms with Gasteiger partial charge in [0.2, 0.25) is 0 Å². The molecule has 1 unspecified atom stereocenters. The van der Waals surface area contributed by atoms with E-state index < -0.39 is 18.6 Å². The minimum absolute atomic E-state index is 0.433. The largest absolute Gasteiger partial charge is 0.440 e. The first-order valence-electron chi connectivity index (χ1n) is 9.07. The average molecular weight is 404 g/mol. The van der Waals surface area contributed by atoms with Gasteiger partial charge in [-0.15, -0.1) is 11.3 Å². The van der Waals surface area contributed by atoms with E-state index in [1.807, 2.05) is 17.5 Å². The highest BCUT2D eigenvalue weighted by Gasteiger charge is 2.20. The molecular weight excluding hydrogens is 380 g/mol. The first-order valence-corrected chi connectivity index (χ1v) is 9.95. The molecule has 3 N–H and O–H groups in total. The number of anilines is 2. The monoisotopic (exact) mass is 404 g/mol. The molecule has 2 aromatic rings. The number of benzene rings is 1. The Balaban J connectivity index is 1.66. The summed E-state index contributed by atoms with van der Waals surface area (Å²) in [5.41, 5.74) is 7.77. The lowest BCUT2D eigenvalue weighted by molar-refractivity contribution is -0.118. The number of thiazole rings is 1. The van der Waals surface area contributed by atoms with Gasteiger partial charge in [-0.05, 0) is 30.9 Å². The third-order valence-corrected chi connectivity index (χ3v) is 5.28. The Morgan fingerprint density at radius 1 is 1.43 bits per heavy atom. The number of aromatic nitrogens is 1. The second-order valence-electron chi connectivity index (χ2n) is 6.65. The van der Waals surface area contributed by atoms with Crippen LogP contribution in [0, 0.1) is 5.92 Å². The van der Waals surface area contributed by atoms with Gasteiger partial charge in [-0.25, -0.2) is 9.78 Å². The van der Waals surface area contributed by atoms with Crippen LogP contribution in [0.2, 0.25) is 0 Å². The summed E-state index contributed by atoms with van der Waals surface area (Å²) in [6, 6.07) is 8.24. The van der Waals surface area contributed by atoms with Crippen LogP contribution in [0.4, 0.5) is 15.6 Å². The summed E-state index contributed by atoms with van der Waals surface area (Å²) >= 11 is 1.31. The highest BCUT2D eigenvalue weighted by atomic mass is 32.1. The van der Waals surface area contributed by atoms with Crippen molar-refractivity contribution in [1.82, 2.24) is 4.98 Å². The number of nitrogens with two attached hydrogens (primary N) is 1. The minimum atomic E-state index is -0.989. The van der Waals surface area contributed by atoms with Crippen molar-refractivity contribution in [3.05, 3.63) is 29.6 Å². The van der Waals surface area contributed by atoms with Gasteiger partial charge in [0, 0.05) is 36.8 Å². The number of piperidine rings is 1. The van der Waals surface area contributed by atoms with Crippen LogP contribution in [0.5, 0.6) is 0 Å². The highest BCUT2D eigenvalue weighted by Crippen LogP contribution is 2.30. The lowest BCUT2D eigenvalue weighted by Crippen LogP contribution is -2.37. The number of hydrogen-bond acceptors (Lipinski definition) is 7. The lowest BCUT2D eigenvalue weighted by Gasteiger charge is -2.34. The number of rotatable bonds is 7. The summed E-state index contributed by atoms with van der Waals surface area (Å²) in [5.74, 6) is 0.0667. The summed E-state index contributed by atoms with van der Waals surface area (Å²) in [4.78, 5) is 29.1. The van der Waals surface area contributed by atoms with Crippen LogP contribution < -0.4 is 16.0 Å². The zero-order valence-electron chi connectivity index (χ0n) is 15.7. The van der Waals surface area contributed by atoms with Gasteiger partial charge in [0.05, 0.1) is 12.3 Å². The van der Waals surface area contributed by atoms with Crippen LogP contribution in [-0.2, 0) is 14.3 Å². The zero-order chi connectivity index (χ0) is 19.9. The average Bonchev–Trinajstić information content (AvgIpc) is 3.15. The van der Waals surface area contributed by atoms with Crippen molar-refractivity contribution >= 4 is 34.2 Å². The number of primary amides is 1. The number of nitrogens with one attached hydrogen (secondary N) is 1. The van der Waals surface area contributed by atoms with E-state index in [1.54, 1.807) is 7.11 Å². The second-order valence-corrected chi connectivity index (χ2v) is 7.51. The van der Waals surface area contributed by atoms with E-state index >= 15 is 0 Å². The van der Waals surface area contributed by atoms with E-state index in [4.69, 9.17) is 10.5 Å². The normalized spacial score (nSPS) is 16.6. The van der Waals surface area contributed by atoms with Crippen LogP contribution >= 0.6 is 11.3 Å². The van der Waals surface area contributed by atoms with Crippen molar-refractivity contribution in [2.24, 2.45) is 11.7 Å². The van der Waals surface area contributed by atoms with Crippen LogP contribution in [-0.4, -0.2) is 50.4 Å². The molecule has 0 radical (unpaired) electrons. The molecule has 28 heavy (non-hydrogen) atoms. The molecule has 0 spiro atoms. The van der Waals surface area contributed by atoms with E-state index in [1.165, 1.54) is 17.8 Å².